The summed E-state index contributed by atoms with van der Waals surface area (Å²) >= 11 is 5.74. The molecule has 0 amide bonds. The molecule has 0 heterocycles. The van der Waals surface area contributed by atoms with Crippen molar-refractivity contribution in [1.29, 1.82) is 0 Å². The predicted molar refractivity (Wildman–Crippen MR) is 57.1 cm³/mol. The first kappa shape index (κ1) is 11.5. The standard InChI is InChI=1S/C9H12ClNO2S/c1-7-4-5-8(10)6-9(7)14(12,13)11(2)3/h4-6H,1-3H3. The Morgan fingerprint density at radius 3 is 2.36 bits per heavy atom. The van der Waals surface area contributed by atoms with Gasteiger partial charge in [0.25, 0.3) is 0 Å². The first-order valence-corrected chi connectivity index (χ1v) is 5.86. The van der Waals surface area contributed by atoms with Gasteiger partial charge in [-0.2, -0.15) is 0 Å². The van der Waals surface area contributed by atoms with Crippen LogP contribution in [0.25, 0.3) is 0 Å². The van der Waals surface area contributed by atoms with Crippen molar-refractivity contribution in [2.45, 2.75) is 11.8 Å². The monoisotopic (exact) mass is 233 g/mol. The van der Waals surface area contributed by atoms with E-state index in [0.717, 1.165) is 0 Å². The van der Waals surface area contributed by atoms with Crippen LogP contribution in [0.1, 0.15) is 5.56 Å². The average Bonchev–Trinajstić information content (AvgIpc) is 2.08. The molecular weight excluding hydrogens is 222 g/mol. The van der Waals surface area contributed by atoms with Crippen molar-refractivity contribution in [1.82, 2.24) is 4.31 Å². The second-order valence-electron chi connectivity index (χ2n) is 3.20. The first-order chi connectivity index (χ1) is 6.35. The summed E-state index contributed by atoms with van der Waals surface area (Å²) < 4.78 is 24.7. The van der Waals surface area contributed by atoms with Crippen molar-refractivity contribution in [3.8, 4) is 0 Å². The topological polar surface area (TPSA) is 37.4 Å². The number of nitrogens with zero attached hydrogens (tertiary/aromatic N) is 1. The number of hydrogen-bond acceptors (Lipinski definition) is 2. The quantitative estimate of drug-likeness (QED) is 0.783. The van der Waals surface area contributed by atoms with Gasteiger partial charge in [-0.25, -0.2) is 12.7 Å². The van der Waals surface area contributed by atoms with Gasteiger partial charge in [-0.05, 0) is 24.6 Å². The molecule has 0 bridgehead atoms. The lowest BCUT2D eigenvalue weighted by molar-refractivity contribution is 0.520. The summed E-state index contributed by atoms with van der Waals surface area (Å²) in [6.07, 6.45) is 0. The third-order valence-corrected chi connectivity index (χ3v) is 4.10. The van der Waals surface area contributed by atoms with Crippen LogP contribution < -0.4 is 0 Å². The smallest absolute Gasteiger partial charge is 0.207 e. The summed E-state index contributed by atoms with van der Waals surface area (Å²) in [5, 5.41) is 0.427. The second-order valence-corrected chi connectivity index (χ2v) is 5.75. The summed E-state index contributed by atoms with van der Waals surface area (Å²) in [6.45, 7) is 1.74. The zero-order chi connectivity index (χ0) is 10.9. The van der Waals surface area contributed by atoms with Gasteiger partial charge < -0.3 is 0 Å². The number of aryl methyl sites for hydroxylation is 1. The fourth-order valence-corrected chi connectivity index (χ4v) is 2.43. The lowest BCUT2D eigenvalue weighted by Gasteiger charge is -2.13. The SMILES string of the molecule is Cc1ccc(Cl)cc1S(=O)(=O)N(C)C. The van der Waals surface area contributed by atoms with Crippen LogP contribution in [0.5, 0.6) is 0 Å². The Bertz CT molecular complexity index is 440. The molecule has 0 aliphatic heterocycles. The van der Waals surface area contributed by atoms with Crippen molar-refractivity contribution >= 4 is 21.6 Å². The molecule has 0 fully saturated rings. The fraction of sp³-hybridized carbons (Fsp3) is 0.333. The number of halogens is 1. The summed E-state index contributed by atoms with van der Waals surface area (Å²) in [4.78, 5) is 0.259. The van der Waals surface area contributed by atoms with Crippen LogP contribution in [-0.4, -0.2) is 26.8 Å². The number of sulfonamides is 1. The molecule has 1 rings (SSSR count). The van der Waals surface area contributed by atoms with Crippen molar-refractivity contribution in [2.24, 2.45) is 0 Å². The molecule has 78 valence electrons. The molecule has 0 saturated carbocycles. The highest BCUT2D eigenvalue weighted by Gasteiger charge is 2.19. The molecule has 0 radical (unpaired) electrons. The minimum atomic E-state index is -3.38. The Morgan fingerprint density at radius 1 is 1.29 bits per heavy atom. The van der Waals surface area contributed by atoms with Gasteiger partial charge in [0.1, 0.15) is 0 Å². The van der Waals surface area contributed by atoms with E-state index in [4.69, 9.17) is 11.6 Å². The highest BCUT2D eigenvalue weighted by molar-refractivity contribution is 7.89. The molecule has 0 N–H and O–H groups in total. The molecule has 1 aromatic carbocycles. The fourth-order valence-electron chi connectivity index (χ4n) is 1.05. The molecule has 0 aromatic heterocycles. The molecule has 1 aromatic rings. The third kappa shape index (κ3) is 2.08. The van der Waals surface area contributed by atoms with Crippen LogP contribution in [0, 0.1) is 6.92 Å². The van der Waals surface area contributed by atoms with Gasteiger partial charge in [0, 0.05) is 19.1 Å². The maximum Gasteiger partial charge on any atom is 0.242 e. The van der Waals surface area contributed by atoms with E-state index in [9.17, 15) is 8.42 Å². The Labute approximate surface area is 89.4 Å². The molecule has 5 heteroatoms. The lowest BCUT2D eigenvalue weighted by atomic mass is 10.2. The van der Waals surface area contributed by atoms with Crippen molar-refractivity contribution < 1.29 is 8.42 Å². The summed E-state index contributed by atoms with van der Waals surface area (Å²) in [6, 6.07) is 4.83. The van der Waals surface area contributed by atoms with Gasteiger partial charge in [0.2, 0.25) is 10.0 Å². The van der Waals surface area contributed by atoms with E-state index < -0.39 is 10.0 Å². The Hall–Kier alpha value is -0.580. The van der Waals surface area contributed by atoms with E-state index in [1.165, 1.54) is 24.5 Å². The summed E-state index contributed by atoms with van der Waals surface area (Å²) in [5.74, 6) is 0. The highest BCUT2D eigenvalue weighted by Crippen LogP contribution is 2.21. The van der Waals surface area contributed by atoms with Crippen LogP contribution in [0.3, 0.4) is 0 Å². The van der Waals surface area contributed by atoms with Crippen LogP contribution >= 0.6 is 11.6 Å². The molecule has 0 aliphatic rings. The predicted octanol–water partition coefficient (Wildman–Crippen LogP) is 1.90. The van der Waals surface area contributed by atoms with Crippen LogP contribution in [0.4, 0.5) is 0 Å². The van der Waals surface area contributed by atoms with Crippen LogP contribution in [-0.2, 0) is 10.0 Å². The molecule has 0 unspecified atom stereocenters. The van der Waals surface area contributed by atoms with Gasteiger partial charge in [-0.1, -0.05) is 17.7 Å². The maximum atomic E-state index is 11.8. The van der Waals surface area contributed by atoms with E-state index in [2.05, 4.69) is 0 Å². The van der Waals surface area contributed by atoms with Crippen LogP contribution in [0.2, 0.25) is 5.02 Å². The molecule has 0 aliphatic carbocycles. The van der Waals surface area contributed by atoms with Gasteiger partial charge in [-0.15, -0.1) is 0 Å². The van der Waals surface area contributed by atoms with Crippen molar-refractivity contribution in [3.05, 3.63) is 28.8 Å². The lowest BCUT2D eigenvalue weighted by Crippen LogP contribution is -2.22. The largest absolute Gasteiger partial charge is 0.242 e. The molecule has 14 heavy (non-hydrogen) atoms. The highest BCUT2D eigenvalue weighted by atomic mass is 35.5. The summed E-state index contributed by atoms with van der Waals surface area (Å²) in [5.41, 5.74) is 0.697. The third-order valence-electron chi connectivity index (χ3n) is 1.91. The van der Waals surface area contributed by atoms with Gasteiger partial charge in [-0.3, -0.25) is 0 Å². The summed E-state index contributed by atoms with van der Waals surface area (Å²) in [7, 11) is -0.390. The minimum Gasteiger partial charge on any atom is -0.207 e. The number of hydrogen-bond donors (Lipinski definition) is 0. The van der Waals surface area contributed by atoms with E-state index in [1.54, 1.807) is 19.1 Å². The van der Waals surface area contributed by atoms with E-state index in [1.807, 2.05) is 0 Å². The Kier molecular flexibility index (Phi) is 3.19. The van der Waals surface area contributed by atoms with E-state index in [0.29, 0.717) is 10.6 Å². The molecule has 0 spiro atoms. The van der Waals surface area contributed by atoms with Crippen molar-refractivity contribution in [2.75, 3.05) is 14.1 Å². The van der Waals surface area contributed by atoms with Gasteiger partial charge in [0.15, 0.2) is 0 Å². The number of rotatable bonds is 2. The zero-order valence-electron chi connectivity index (χ0n) is 8.28. The number of benzene rings is 1. The van der Waals surface area contributed by atoms with E-state index in [-0.39, 0.29) is 4.90 Å². The van der Waals surface area contributed by atoms with Gasteiger partial charge >= 0.3 is 0 Å². The molecule has 0 atom stereocenters. The minimum absolute atomic E-state index is 0.259. The van der Waals surface area contributed by atoms with Gasteiger partial charge in [0.05, 0.1) is 4.90 Å². The van der Waals surface area contributed by atoms with E-state index >= 15 is 0 Å². The zero-order valence-corrected chi connectivity index (χ0v) is 9.85. The molecule has 0 saturated heterocycles. The molecule has 3 nitrogen and oxygen atoms in total. The normalized spacial score (nSPS) is 12.1. The second kappa shape index (κ2) is 3.88. The Balaban J connectivity index is 3.40. The van der Waals surface area contributed by atoms with Crippen LogP contribution in [0.15, 0.2) is 23.1 Å². The maximum absolute atomic E-state index is 11.8. The van der Waals surface area contributed by atoms with Crippen molar-refractivity contribution in [3.63, 3.8) is 0 Å². The molecular formula is C9H12ClNO2S. The Morgan fingerprint density at radius 2 is 1.86 bits per heavy atom. The average molecular weight is 234 g/mol. The first-order valence-electron chi connectivity index (χ1n) is 4.04.